The summed E-state index contributed by atoms with van der Waals surface area (Å²) >= 11 is 1.63. The van der Waals surface area contributed by atoms with Gasteiger partial charge in [0.25, 0.3) is 5.78 Å². The van der Waals surface area contributed by atoms with E-state index in [1.807, 2.05) is 31.2 Å². The number of aromatic nitrogens is 4. The summed E-state index contributed by atoms with van der Waals surface area (Å²) in [6.45, 7) is 5.02. The number of hydrogen-bond donors (Lipinski definition) is 1. The van der Waals surface area contributed by atoms with Gasteiger partial charge in [0.15, 0.2) is 0 Å². The summed E-state index contributed by atoms with van der Waals surface area (Å²) in [7, 11) is 0. The molecule has 0 amide bonds. The van der Waals surface area contributed by atoms with E-state index in [9.17, 15) is 0 Å². The van der Waals surface area contributed by atoms with Gasteiger partial charge >= 0.3 is 0 Å². The molecule has 0 aliphatic carbocycles. The Hall–Kier alpha value is -1.79. The Morgan fingerprint density at radius 2 is 1.96 bits per heavy atom. The van der Waals surface area contributed by atoms with Gasteiger partial charge in [0.2, 0.25) is 5.16 Å². The van der Waals surface area contributed by atoms with E-state index in [0.29, 0.717) is 5.78 Å². The maximum Gasteiger partial charge on any atom is 0.255 e. The Bertz CT molecular complexity index is 760. The molecule has 0 aliphatic heterocycles. The largest absolute Gasteiger partial charge is 0.370 e. The van der Waals surface area contributed by atoms with Crippen molar-refractivity contribution >= 4 is 35.8 Å². The van der Waals surface area contributed by atoms with Gasteiger partial charge in [-0.05, 0) is 18.9 Å². The van der Waals surface area contributed by atoms with Crippen LogP contribution in [0.4, 0.5) is 5.82 Å². The van der Waals surface area contributed by atoms with Gasteiger partial charge in [-0.2, -0.15) is 9.50 Å². The molecule has 0 unspecified atom stereocenters. The Morgan fingerprint density at radius 1 is 1.17 bits per heavy atom. The molecular weight excluding hydrogens is 330 g/mol. The zero-order valence-corrected chi connectivity index (χ0v) is 14.8. The molecule has 3 aromatic rings. The zero-order chi connectivity index (χ0) is 15.4. The number of anilines is 1. The van der Waals surface area contributed by atoms with E-state index in [1.54, 1.807) is 16.3 Å². The van der Waals surface area contributed by atoms with Crippen LogP contribution in [0.1, 0.15) is 24.6 Å². The van der Waals surface area contributed by atoms with Crippen LogP contribution in [0, 0.1) is 6.92 Å². The second-order valence-corrected chi connectivity index (χ2v) is 6.03. The van der Waals surface area contributed by atoms with Crippen LogP contribution < -0.4 is 5.32 Å². The quantitative estimate of drug-likeness (QED) is 0.682. The number of benzene rings is 1. The molecule has 7 heteroatoms. The average molecular weight is 350 g/mol. The molecule has 2 aromatic heterocycles. The van der Waals surface area contributed by atoms with E-state index < -0.39 is 0 Å². The molecule has 0 fully saturated rings. The number of rotatable bonds is 6. The van der Waals surface area contributed by atoms with Crippen LogP contribution in [-0.4, -0.2) is 26.1 Å². The van der Waals surface area contributed by atoms with E-state index in [4.69, 9.17) is 0 Å². The van der Waals surface area contributed by atoms with Crippen LogP contribution in [0.2, 0.25) is 0 Å². The third kappa shape index (κ3) is 4.36. The fraction of sp³-hybridized carbons (Fsp3) is 0.312. The number of nitrogens with one attached hydrogen (secondary N) is 1. The third-order valence-electron chi connectivity index (χ3n) is 3.19. The minimum absolute atomic E-state index is 0. The highest BCUT2D eigenvalue weighted by atomic mass is 35.5. The van der Waals surface area contributed by atoms with E-state index in [1.165, 1.54) is 5.56 Å². The molecule has 1 N–H and O–H groups in total. The second-order valence-electron chi connectivity index (χ2n) is 5.09. The third-order valence-corrected chi connectivity index (χ3v) is 4.10. The topological polar surface area (TPSA) is 55.1 Å². The Labute approximate surface area is 146 Å². The first-order valence-electron chi connectivity index (χ1n) is 7.41. The molecule has 0 atom stereocenters. The molecule has 0 saturated carbocycles. The monoisotopic (exact) mass is 349 g/mol. The van der Waals surface area contributed by atoms with Gasteiger partial charge in [0.05, 0.1) is 0 Å². The summed E-state index contributed by atoms with van der Waals surface area (Å²) in [4.78, 5) is 8.98. The summed E-state index contributed by atoms with van der Waals surface area (Å²) in [6.07, 6.45) is 1.06. The average Bonchev–Trinajstić information content (AvgIpc) is 2.94. The van der Waals surface area contributed by atoms with E-state index in [-0.39, 0.29) is 12.4 Å². The number of fused-ring (bicyclic) bond motifs is 1. The molecule has 0 radical (unpaired) electrons. The Morgan fingerprint density at radius 3 is 2.70 bits per heavy atom. The SMILES string of the molecule is CCCNc1cc(C)nc2nc(SCc3ccccc3)nn12.Cl. The lowest BCUT2D eigenvalue weighted by Crippen LogP contribution is -2.07. The van der Waals surface area contributed by atoms with Gasteiger partial charge in [-0.25, -0.2) is 4.98 Å². The summed E-state index contributed by atoms with van der Waals surface area (Å²) < 4.78 is 1.79. The van der Waals surface area contributed by atoms with Gasteiger partial charge in [-0.15, -0.1) is 17.5 Å². The molecule has 122 valence electrons. The molecule has 2 heterocycles. The predicted molar refractivity (Wildman–Crippen MR) is 97.6 cm³/mol. The molecular formula is C16H20ClN5S. The van der Waals surface area contributed by atoms with Crippen molar-refractivity contribution in [2.24, 2.45) is 0 Å². The molecule has 0 bridgehead atoms. The molecule has 0 spiro atoms. The summed E-state index contributed by atoms with van der Waals surface area (Å²) in [6, 6.07) is 12.3. The first kappa shape index (κ1) is 17.6. The maximum atomic E-state index is 4.57. The van der Waals surface area contributed by atoms with Crippen LogP contribution in [-0.2, 0) is 5.75 Å². The fourth-order valence-electron chi connectivity index (χ4n) is 2.13. The van der Waals surface area contributed by atoms with E-state index in [2.05, 4.69) is 39.4 Å². The van der Waals surface area contributed by atoms with Crippen LogP contribution in [0.3, 0.4) is 0 Å². The number of nitrogens with zero attached hydrogens (tertiary/aromatic N) is 4. The highest BCUT2D eigenvalue weighted by Crippen LogP contribution is 2.21. The summed E-state index contributed by atoms with van der Waals surface area (Å²) in [5.41, 5.74) is 2.21. The van der Waals surface area contributed by atoms with Gasteiger partial charge < -0.3 is 5.32 Å². The van der Waals surface area contributed by atoms with Gasteiger partial charge in [0.1, 0.15) is 5.82 Å². The summed E-state index contributed by atoms with van der Waals surface area (Å²) in [5.74, 6) is 2.45. The Balaban J connectivity index is 0.00000192. The van der Waals surface area contributed by atoms with Crippen molar-refractivity contribution < 1.29 is 0 Å². The van der Waals surface area contributed by atoms with Crippen molar-refractivity contribution in [2.75, 3.05) is 11.9 Å². The smallest absolute Gasteiger partial charge is 0.255 e. The predicted octanol–water partition coefficient (Wildman–Crippen LogP) is 3.97. The van der Waals surface area contributed by atoms with Crippen LogP contribution in [0.15, 0.2) is 41.6 Å². The second kappa shape index (κ2) is 8.17. The lowest BCUT2D eigenvalue weighted by atomic mass is 10.2. The molecule has 3 rings (SSSR count). The van der Waals surface area contributed by atoms with E-state index in [0.717, 1.165) is 35.4 Å². The van der Waals surface area contributed by atoms with Gasteiger partial charge in [0, 0.05) is 24.1 Å². The molecule has 23 heavy (non-hydrogen) atoms. The first-order valence-corrected chi connectivity index (χ1v) is 8.40. The van der Waals surface area contributed by atoms with Crippen molar-refractivity contribution in [1.29, 1.82) is 0 Å². The molecule has 1 aromatic carbocycles. The normalized spacial score (nSPS) is 10.5. The van der Waals surface area contributed by atoms with Crippen molar-refractivity contribution in [2.45, 2.75) is 31.2 Å². The molecule has 0 aliphatic rings. The molecule has 5 nitrogen and oxygen atoms in total. The fourth-order valence-corrected chi connectivity index (χ4v) is 2.90. The first-order chi connectivity index (χ1) is 10.8. The van der Waals surface area contributed by atoms with E-state index >= 15 is 0 Å². The van der Waals surface area contributed by atoms with Crippen LogP contribution in [0.25, 0.3) is 5.78 Å². The standard InChI is InChI=1S/C16H19N5S.ClH/c1-3-9-17-14-10-12(2)18-15-19-16(20-21(14)15)22-11-13-7-5-4-6-8-13;/h4-8,10,17H,3,9,11H2,1-2H3;1H. The van der Waals surface area contributed by atoms with Crippen molar-refractivity contribution in [3.05, 3.63) is 47.7 Å². The molecule has 0 saturated heterocycles. The Kier molecular flexibility index (Phi) is 6.24. The minimum Gasteiger partial charge on any atom is -0.370 e. The van der Waals surface area contributed by atoms with Crippen LogP contribution >= 0.6 is 24.2 Å². The summed E-state index contributed by atoms with van der Waals surface area (Å²) in [5, 5.41) is 8.69. The lowest BCUT2D eigenvalue weighted by molar-refractivity contribution is 0.861. The van der Waals surface area contributed by atoms with Gasteiger partial charge in [-0.3, -0.25) is 0 Å². The zero-order valence-electron chi connectivity index (χ0n) is 13.2. The minimum atomic E-state index is 0. The number of thioether (sulfide) groups is 1. The lowest BCUT2D eigenvalue weighted by Gasteiger charge is -2.06. The van der Waals surface area contributed by atoms with Crippen LogP contribution in [0.5, 0.6) is 0 Å². The van der Waals surface area contributed by atoms with Gasteiger partial charge in [-0.1, -0.05) is 49.0 Å². The number of aryl methyl sites for hydroxylation is 1. The number of halogens is 1. The maximum absolute atomic E-state index is 4.57. The van der Waals surface area contributed by atoms with Crippen molar-refractivity contribution in [1.82, 2.24) is 19.6 Å². The van der Waals surface area contributed by atoms with Crippen molar-refractivity contribution in [3.63, 3.8) is 0 Å². The highest BCUT2D eigenvalue weighted by Gasteiger charge is 2.10. The van der Waals surface area contributed by atoms with Crippen molar-refractivity contribution in [3.8, 4) is 0 Å². The number of hydrogen-bond acceptors (Lipinski definition) is 5. The highest BCUT2D eigenvalue weighted by molar-refractivity contribution is 7.98.